The number of nitrogens with zero attached hydrogens (tertiary/aromatic N) is 4. The third-order valence-electron chi connectivity index (χ3n) is 5.15. The van der Waals surface area contributed by atoms with Crippen LogP contribution in [0.1, 0.15) is 50.2 Å². The van der Waals surface area contributed by atoms with E-state index in [0.717, 1.165) is 37.6 Å². The zero-order valence-corrected chi connectivity index (χ0v) is 15.5. The van der Waals surface area contributed by atoms with Crippen molar-refractivity contribution in [2.45, 2.75) is 71.1 Å². The van der Waals surface area contributed by atoms with E-state index in [-0.39, 0.29) is 12.0 Å². The smallest absolute Gasteiger partial charge is 0.234 e. The van der Waals surface area contributed by atoms with Crippen LogP contribution in [0, 0.1) is 13.8 Å². The van der Waals surface area contributed by atoms with Crippen LogP contribution in [-0.4, -0.2) is 64.0 Å². The van der Waals surface area contributed by atoms with E-state index in [0.29, 0.717) is 25.7 Å². The molecule has 140 valence electrons. The van der Waals surface area contributed by atoms with Gasteiger partial charge in [0.05, 0.1) is 25.8 Å². The summed E-state index contributed by atoms with van der Waals surface area (Å²) in [6.07, 6.45) is 7.39. The summed E-state index contributed by atoms with van der Waals surface area (Å²) >= 11 is 0. The molecule has 2 fully saturated rings. The van der Waals surface area contributed by atoms with Crippen LogP contribution in [0.2, 0.25) is 0 Å². The molecular formula is C18H31N5O2. The Morgan fingerprint density at radius 3 is 2.68 bits per heavy atom. The van der Waals surface area contributed by atoms with E-state index in [1.807, 2.05) is 18.5 Å². The molecular weight excluding hydrogens is 318 g/mol. The Bertz CT molecular complexity index is 566. The number of morpholine rings is 1. The van der Waals surface area contributed by atoms with Gasteiger partial charge in [-0.1, -0.05) is 25.7 Å². The Kier molecular flexibility index (Phi) is 6.42. The summed E-state index contributed by atoms with van der Waals surface area (Å²) < 4.78 is 7.76. The Labute approximate surface area is 150 Å². The number of hydrogen-bond acceptors (Lipinski definition) is 5. The number of nitrogens with one attached hydrogen (secondary N) is 1. The molecule has 2 aliphatic rings. The topological polar surface area (TPSA) is 72.3 Å². The highest BCUT2D eigenvalue weighted by Crippen LogP contribution is 2.17. The van der Waals surface area contributed by atoms with Crippen LogP contribution in [-0.2, 0) is 16.1 Å². The van der Waals surface area contributed by atoms with E-state index in [1.54, 1.807) is 0 Å². The molecule has 0 unspecified atom stereocenters. The summed E-state index contributed by atoms with van der Waals surface area (Å²) in [6.45, 7) is 7.24. The van der Waals surface area contributed by atoms with E-state index in [1.165, 1.54) is 25.7 Å². The summed E-state index contributed by atoms with van der Waals surface area (Å²) in [5, 5.41) is 7.64. The normalized spacial score (nSPS) is 23.4. The van der Waals surface area contributed by atoms with Crippen molar-refractivity contribution in [1.82, 2.24) is 25.0 Å². The second kappa shape index (κ2) is 8.76. The molecule has 0 radical (unpaired) electrons. The average molecular weight is 349 g/mol. The first-order valence-corrected chi connectivity index (χ1v) is 9.61. The number of ether oxygens (including phenoxy) is 1. The summed E-state index contributed by atoms with van der Waals surface area (Å²) in [5.74, 6) is 1.85. The fourth-order valence-corrected chi connectivity index (χ4v) is 3.86. The lowest BCUT2D eigenvalue weighted by molar-refractivity contribution is -0.125. The molecule has 1 saturated heterocycles. The van der Waals surface area contributed by atoms with Gasteiger partial charge in [-0.3, -0.25) is 9.69 Å². The Morgan fingerprint density at radius 1 is 1.24 bits per heavy atom. The minimum absolute atomic E-state index is 0.0548. The zero-order valence-electron chi connectivity index (χ0n) is 15.5. The van der Waals surface area contributed by atoms with Crippen LogP contribution < -0.4 is 5.32 Å². The maximum absolute atomic E-state index is 12.4. The van der Waals surface area contributed by atoms with Crippen molar-refractivity contribution in [1.29, 1.82) is 0 Å². The summed E-state index contributed by atoms with van der Waals surface area (Å²) in [6, 6.07) is 0.368. The molecule has 1 aliphatic carbocycles. The molecule has 1 saturated carbocycles. The van der Waals surface area contributed by atoms with E-state index in [9.17, 15) is 4.79 Å². The first-order chi connectivity index (χ1) is 12.1. The second-order valence-corrected chi connectivity index (χ2v) is 7.37. The highest BCUT2D eigenvalue weighted by molar-refractivity contribution is 5.78. The summed E-state index contributed by atoms with van der Waals surface area (Å²) in [4.78, 5) is 18.9. The van der Waals surface area contributed by atoms with Gasteiger partial charge in [0.15, 0.2) is 0 Å². The van der Waals surface area contributed by atoms with Gasteiger partial charge in [0.1, 0.15) is 11.6 Å². The molecule has 3 rings (SSSR count). The van der Waals surface area contributed by atoms with E-state index >= 15 is 0 Å². The first kappa shape index (κ1) is 18.3. The van der Waals surface area contributed by atoms with E-state index < -0.39 is 0 Å². The van der Waals surface area contributed by atoms with E-state index in [4.69, 9.17) is 4.74 Å². The van der Waals surface area contributed by atoms with Gasteiger partial charge in [-0.15, -0.1) is 0 Å². The third-order valence-corrected chi connectivity index (χ3v) is 5.15. The predicted molar refractivity (Wildman–Crippen MR) is 95.3 cm³/mol. The Hall–Kier alpha value is -1.47. The molecule has 0 spiro atoms. The van der Waals surface area contributed by atoms with Crippen LogP contribution in [0.5, 0.6) is 0 Å². The molecule has 7 heteroatoms. The first-order valence-electron chi connectivity index (χ1n) is 9.61. The van der Waals surface area contributed by atoms with Crippen molar-refractivity contribution in [3.63, 3.8) is 0 Å². The van der Waals surface area contributed by atoms with Gasteiger partial charge in [0, 0.05) is 19.1 Å². The zero-order chi connectivity index (χ0) is 17.6. The molecule has 25 heavy (non-hydrogen) atoms. The van der Waals surface area contributed by atoms with Gasteiger partial charge < -0.3 is 10.1 Å². The highest BCUT2D eigenvalue weighted by Gasteiger charge is 2.24. The van der Waals surface area contributed by atoms with Crippen LogP contribution in [0.25, 0.3) is 0 Å². The number of hydrogen-bond donors (Lipinski definition) is 1. The monoisotopic (exact) mass is 349 g/mol. The molecule has 1 atom stereocenters. The SMILES string of the molecule is Cc1nc(C)n(C[C@H]2CN(CC(=O)NC3CCCCCC3)CCO2)n1. The number of carbonyl (C=O) groups is 1. The Balaban J connectivity index is 1.46. The molecule has 1 N–H and O–H groups in total. The fraction of sp³-hybridized carbons (Fsp3) is 0.833. The third kappa shape index (κ3) is 5.51. The van der Waals surface area contributed by atoms with Crippen molar-refractivity contribution in [2.75, 3.05) is 26.2 Å². The quantitative estimate of drug-likeness (QED) is 0.814. The maximum Gasteiger partial charge on any atom is 0.234 e. The van der Waals surface area contributed by atoms with Crippen LogP contribution in [0.3, 0.4) is 0 Å². The number of amides is 1. The molecule has 1 amide bonds. The number of aryl methyl sites for hydroxylation is 2. The van der Waals surface area contributed by atoms with Gasteiger partial charge in [0.2, 0.25) is 5.91 Å². The van der Waals surface area contributed by atoms with Crippen LogP contribution >= 0.6 is 0 Å². The number of carbonyl (C=O) groups excluding carboxylic acids is 1. The molecule has 1 aromatic rings. The van der Waals surface area contributed by atoms with Gasteiger partial charge in [0.25, 0.3) is 0 Å². The van der Waals surface area contributed by atoms with Crippen molar-refractivity contribution in [3.05, 3.63) is 11.6 Å². The van der Waals surface area contributed by atoms with E-state index in [2.05, 4.69) is 20.3 Å². The minimum atomic E-state index is 0.0548. The molecule has 1 aromatic heterocycles. The van der Waals surface area contributed by atoms with Crippen molar-refractivity contribution < 1.29 is 9.53 Å². The summed E-state index contributed by atoms with van der Waals surface area (Å²) in [7, 11) is 0. The lowest BCUT2D eigenvalue weighted by Crippen LogP contribution is -2.49. The van der Waals surface area contributed by atoms with Crippen molar-refractivity contribution in [3.8, 4) is 0 Å². The molecule has 7 nitrogen and oxygen atoms in total. The average Bonchev–Trinajstić information content (AvgIpc) is 2.76. The molecule has 0 aromatic carbocycles. The Morgan fingerprint density at radius 2 is 2.00 bits per heavy atom. The number of rotatable bonds is 5. The van der Waals surface area contributed by atoms with Gasteiger partial charge in [-0.25, -0.2) is 9.67 Å². The van der Waals surface area contributed by atoms with Crippen molar-refractivity contribution in [2.24, 2.45) is 0 Å². The highest BCUT2D eigenvalue weighted by atomic mass is 16.5. The lowest BCUT2D eigenvalue weighted by atomic mass is 10.1. The number of aromatic nitrogens is 3. The molecule has 2 heterocycles. The lowest BCUT2D eigenvalue weighted by Gasteiger charge is -2.32. The minimum Gasteiger partial charge on any atom is -0.374 e. The van der Waals surface area contributed by atoms with Crippen LogP contribution in [0.15, 0.2) is 0 Å². The summed E-state index contributed by atoms with van der Waals surface area (Å²) in [5.41, 5.74) is 0. The maximum atomic E-state index is 12.4. The van der Waals surface area contributed by atoms with Crippen molar-refractivity contribution >= 4 is 5.91 Å². The standard InChI is InChI=1S/C18H31N5O2/c1-14-19-15(2)23(21-14)12-17-11-22(9-10-25-17)13-18(24)20-16-7-5-3-4-6-8-16/h16-17H,3-13H2,1-2H3,(H,20,24)/t17-/m1/s1. The largest absolute Gasteiger partial charge is 0.374 e. The van der Waals surface area contributed by atoms with Crippen LogP contribution in [0.4, 0.5) is 0 Å². The predicted octanol–water partition coefficient (Wildman–Crippen LogP) is 1.43. The van der Waals surface area contributed by atoms with Gasteiger partial charge in [-0.2, -0.15) is 5.10 Å². The van der Waals surface area contributed by atoms with Gasteiger partial charge >= 0.3 is 0 Å². The molecule has 1 aliphatic heterocycles. The fourth-order valence-electron chi connectivity index (χ4n) is 3.86. The van der Waals surface area contributed by atoms with Gasteiger partial charge in [-0.05, 0) is 26.7 Å². The molecule has 0 bridgehead atoms. The second-order valence-electron chi connectivity index (χ2n) is 7.37.